The summed E-state index contributed by atoms with van der Waals surface area (Å²) in [6, 6.07) is 29.6. The third-order valence-corrected chi connectivity index (χ3v) is 7.33. The number of benzene rings is 3. The van der Waals surface area contributed by atoms with Crippen molar-refractivity contribution in [2.75, 3.05) is 12.3 Å². The Hall–Kier alpha value is -1.67. The molecule has 0 atom stereocenters. The van der Waals surface area contributed by atoms with E-state index in [1.54, 1.807) is 0 Å². The van der Waals surface area contributed by atoms with Crippen LogP contribution in [0, 0.1) is 20.8 Å². The normalized spacial score (nSPS) is 13.4. The van der Waals surface area contributed by atoms with Crippen LogP contribution in [0.1, 0.15) is 50.3 Å². The summed E-state index contributed by atoms with van der Waals surface area (Å²) in [6.45, 7) is 17.3. The van der Waals surface area contributed by atoms with Gasteiger partial charge >= 0.3 is 0 Å². The van der Waals surface area contributed by atoms with Gasteiger partial charge in [-0.3, -0.25) is 0 Å². The Morgan fingerprint density at radius 2 is 0.909 bits per heavy atom. The summed E-state index contributed by atoms with van der Waals surface area (Å²) in [5, 5.41) is 4.51. The van der Waals surface area contributed by atoms with E-state index in [1.807, 2.05) is 91.0 Å². The molecule has 1 aliphatic heterocycles. The summed E-state index contributed by atoms with van der Waals surface area (Å²) in [5.41, 5.74) is 3.17. The first-order chi connectivity index (χ1) is 15.1. The van der Waals surface area contributed by atoms with Gasteiger partial charge < -0.3 is 9.65 Å². The molecule has 178 valence electrons. The van der Waals surface area contributed by atoms with Crippen molar-refractivity contribution in [3.05, 3.63) is 134 Å². The Morgan fingerprint density at radius 3 is 1.09 bits per heavy atom. The van der Waals surface area contributed by atoms with Crippen LogP contribution >= 0.6 is 7.29 Å². The van der Waals surface area contributed by atoms with E-state index < -0.39 is 7.29 Å². The second-order valence-electron chi connectivity index (χ2n) is 8.76. The summed E-state index contributed by atoms with van der Waals surface area (Å²) in [4.78, 5) is 0. The van der Waals surface area contributed by atoms with Gasteiger partial charge in [0.15, 0.2) is 7.29 Å². The largest absolute Gasteiger partial charge is 0.552 e. The average molecular weight is 627 g/mol. The molecule has 3 aromatic carbocycles. The van der Waals surface area contributed by atoms with Crippen molar-refractivity contribution in [3.63, 3.8) is 0 Å². The SMILES string of the molecule is CC(C)(C)[N-]P1(=[OH+])CCCC1.[CH2-]c1ccccc1.[CH2-]c1ccccc1.[CH2-]c1ccccc1.[Hf]. The molecule has 0 saturated carbocycles. The fourth-order valence-electron chi connectivity index (χ4n) is 2.93. The molecule has 4 heteroatoms. The standard InChI is InChI=1S/C8H17NOP.3C7H7.Hf/c1-8(2,3)9-11(10)6-4-5-7-11;3*1-7-5-3-2-4-6-7;/h4-7H2,1-3H3;3*2-6H,1H2;/q4*-1;/p+1. The zero-order chi connectivity index (χ0) is 23.9. The third-order valence-electron chi connectivity index (χ3n) is 4.30. The summed E-state index contributed by atoms with van der Waals surface area (Å²) < 4.78 is 9.97. The molecule has 0 aliphatic carbocycles. The second-order valence-corrected chi connectivity index (χ2v) is 11.6. The summed E-state index contributed by atoms with van der Waals surface area (Å²) >= 11 is 0. The van der Waals surface area contributed by atoms with E-state index in [-0.39, 0.29) is 31.4 Å². The van der Waals surface area contributed by atoms with E-state index in [1.165, 1.54) is 12.8 Å². The topological polar surface area (TPSA) is 35.5 Å². The monoisotopic (exact) mass is 628 g/mol. The molecular weight excluding hydrogens is 588 g/mol. The molecule has 0 spiro atoms. The number of hydrogen-bond donors (Lipinski definition) is 0. The Balaban J connectivity index is 0.000000418. The summed E-state index contributed by atoms with van der Waals surface area (Å²) in [5.74, 6) is 0. The van der Waals surface area contributed by atoms with Crippen molar-refractivity contribution in [1.29, 1.82) is 0 Å². The quantitative estimate of drug-likeness (QED) is 0.112. The Bertz CT molecular complexity index is 794. The van der Waals surface area contributed by atoms with Crippen LogP contribution in [0.15, 0.2) is 91.0 Å². The van der Waals surface area contributed by atoms with E-state index >= 15 is 0 Å². The Kier molecular flexibility index (Phi) is 16.0. The first kappa shape index (κ1) is 31.3. The van der Waals surface area contributed by atoms with Crippen molar-refractivity contribution in [1.82, 2.24) is 0 Å². The molecule has 1 heterocycles. The minimum atomic E-state index is -1.82. The van der Waals surface area contributed by atoms with Crippen molar-refractivity contribution in [2.24, 2.45) is 0 Å². The average Bonchev–Trinajstić information content (AvgIpc) is 3.15. The zero-order valence-corrected chi connectivity index (χ0v) is 24.9. The van der Waals surface area contributed by atoms with Crippen LogP contribution in [0.25, 0.3) is 5.09 Å². The summed E-state index contributed by atoms with van der Waals surface area (Å²) in [6.07, 6.45) is 4.27. The van der Waals surface area contributed by atoms with Crippen molar-refractivity contribution in [2.45, 2.75) is 39.2 Å². The van der Waals surface area contributed by atoms with Gasteiger partial charge in [-0.2, -0.15) is 73.9 Å². The number of hydrogen-bond acceptors (Lipinski definition) is 0. The Morgan fingerprint density at radius 1 is 0.636 bits per heavy atom. The molecule has 1 aliphatic rings. The van der Waals surface area contributed by atoms with Crippen molar-refractivity contribution in [3.8, 4) is 0 Å². The van der Waals surface area contributed by atoms with Gasteiger partial charge in [-0.15, -0.1) is 41.9 Å². The van der Waals surface area contributed by atoms with E-state index in [0.717, 1.165) is 29.0 Å². The van der Waals surface area contributed by atoms with E-state index in [2.05, 4.69) is 46.6 Å². The predicted molar refractivity (Wildman–Crippen MR) is 144 cm³/mol. The van der Waals surface area contributed by atoms with Crippen molar-refractivity contribution >= 4 is 7.29 Å². The molecule has 2 nitrogen and oxygen atoms in total. The fourth-order valence-corrected chi connectivity index (χ4v) is 5.93. The molecule has 1 saturated heterocycles. The van der Waals surface area contributed by atoms with E-state index in [0.29, 0.717) is 0 Å². The van der Waals surface area contributed by atoms with Crippen LogP contribution in [0.2, 0.25) is 0 Å². The van der Waals surface area contributed by atoms with Crippen LogP contribution in [-0.4, -0.2) is 22.4 Å². The van der Waals surface area contributed by atoms with Gasteiger partial charge in [0.05, 0.1) is 0 Å². The van der Waals surface area contributed by atoms with Crippen LogP contribution in [0.3, 0.4) is 0 Å². The first-order valence-electron chi connectivity index (χ1n) is 11.0. The fraction of sp³-hybridized carbons (Fsp3) is 0.276. The van der Waals surface area contributed by atoms with E-state index in [4.69, 9.17) is 0 Å². The van der Waals surface area contributed by atoms with Crippen LogP contribution in [-0.2, 0) is 25.8 Å². The molecule has 4 rings (SSSR count). The van der Waals surface area contributed by atoms with Gasteiger partial charge in [-0.05, 0) is 12.8 Å². The first-order valence-corrected chi connectivity index (χ1v) is 13.1. The molecular formula is C29H39HfNOP-3. The molecule has 0 radical (unpaired) electrons. The van der Waals surface area contributed by atoms with Gasteiger partial charge in [-0.1, -0.05) is 39.0 Å². The second kappa shape index (κ2) is 16.9. The maximum absolute atomic E-state index is 9.97. The molecule has 0 unspecified atom stereocenters. The Labute approximate surface area is 221 Å². The third kappa shape index (κ3) is 17.5. The molecule has 3 aromatic rings. The zero-order valence-electron chi connectivity index (χ0n) is 20.5. The van der Waals surface area contributed by atoms with Crippen LogP contribution in [0.5, 0.6) is 0 Å². The van der Waals surface area contributed by atoms with Gasteiger partial charge in [0.25, 0.3) is 0 Å². The molecule has 1 fully saturated rings. The van der Waals surface area contributed by atoms with Crippen LogP contribution in [0.4, 0.5) is 0 Å². The molecule has 33 heavy (non-hydrogen) atoms. The van der Waals surface area contributed by atoms with Gasteiger partial charge in [0.2, 0.25) is 0 Å². The van der Waals surface area contributed by atoms with Crippen LogP contribution < -0.4 is 0 Å². The maximum atomic E-state index is 9.97. The summed E-state index contributed by atoms with van der Waals surface area (Å²) in [7, 11) is -1.82. The minimum Gasteiger partial charge on any atom is -0.552 e. The molecule has 1 N–H and O–H groups in total. The molecule has 0 bridgehead atoms. The smallest absolute Gasteiger partial charge is 0.152 e. The molecule has 0 amide bonds. The van der Waals surface area contributed by atoms with Gasteiger partial charge in [0, 0.05) is 38.2 Å². The minimum absolute atomic E-state index is 0. The van der Waals surface area contributed by atoms with E-state index in [9.17, 15) is 4.57 Å². The number of rotatable bonds is 1. The van der Waals surface area contributed by atoms with Crippen molar-refractivity contribution < 1.29 is 30.4 Å². The van der Waals surface area contributed by atoms with Gasteiger partial charge in [-0.25, -0.2) is 0 Å². The van der Waals surface area contributed by atoms with Gasteiger partial charge in [0.1, 0.15) is 0 Å². The maximum Gasteiger partial charge on any atom is 0.152 e. The molecule has 0 aromatic heterocycles. The number of nitrogens with zero attached hydrogens (tertiary/aromatic N) is 1. The predicted octanol–water partition coefficient (Wildman–Crippen LogP) is 8.78.